The fourth-order valence-electron chi connectivity index (χ4n) is 8.30. The minimum absolute atomic E-state index is 0.0941. The molecule has 0 unspecified atom stereocenters. The van der Waals surface area contributed by atoms with Crippen molar-refractivity contribution in [1.82, 2.24) is 0 Å². The van der Waals surface area contributed by atoms with Gasteiger partial charge in [0.2, 0.25) is 0 Å². The Bertz CT molecular complexity index is 2740. The third-order valence-corrected chi connectivity index (χ3v) is 10.7. The molecule has 0 radical (unpaired) electrons. The van der Waals surface area contributed by atoms with Crippen molar-refractivity contribution < 1.29 is 4.42 Å². The Hall–Kier alpha value is -6.12. The second-order valence-electron chi connectivity index (χ2n) is 13.7. The molecule has 2 heteroatoms. The molecule has 8 aromatic carbocycles. The zero-order chi connectivity index (χ0) is 32.7. The average molecular weight is 628 g/mol. The molecular formula is C47H33NO. The van der Waals surface area contributed by atoms with Gasteiger partial charge in [0.05, 0.1) is 5.69 Å². The van der Waals surface area contributed by atoms with Crippen LogP contribution in [0, 0.1) is 0 Å². The maximum atomic E-state index is 6.24. The van der Waals surface area contributed by atoms with Gasteiger partial charge in [0.15, 0.2) is 0 Å². The summed E-state index contributed by atoms with van der Waals surface area (Å²) in [5, 5.41) is 7.22. The first-order valence-electron chi connectivity index (χ1n) is 17.0. The van der Waals surface area contributed by atoms with E-state index in [0.29, 0.717) is 0 Å². The number of nitrogens with zero attached hydrogens (tertiary/aromatic N) is 1. The summed E-state index contributed by atoms with van der Waals surface area (Å²) in [5.74, 6) is 0. The molecule has 0 N–H and O–H groups in total. The first-order valence-corrected chi connectivity index (χ1v) is 17.0. The van der Waals surface area contributed by atoms with Crippen molar-refractivity contribution >= 4 is 60.5 Å². The van der Waals surface area contributed by atoms with Gasteiger partial charge >= 0.3 is 0 Å². The highest BCUT2D eigenvalue weighted by molar-refractivity contribution is 6.19. The van der Waals surface area contributed by atoms with Gasteiger partial charge in [0.25, 0.3) is 0 Å². The normalized spacial score (nSPS) is 13.3. The summed E-state index contributed by atoms with van der Waals surface area (Å²) in [4.78, 5) is 2.45. The first-order chi connectivity index (χ1) is 24.1. The zero-order valence-corrected chi connectivity index (χ0v) is 27.4. The van der Waals surface area contributed by atoms with Crippen LogP contribution in [0.1, 0.15) is 25.0 Å². The van der Waals surface area contributed by atoms with Crippen LogP contribution >= 0.6 is 0 Å². The Morgan fingerprint density at radius 1 is 0.469 bits per heavy atom. The van der Waals surface area contributed by atoms with Gasteiger partial charge in [0, 0.05) is 33.1 Å². The van der Waals surface area contributed by atoms with Crippen molar-refractivity contribution in [2.45, 2.75) is 19.3 Å². The van der Waals surface area contributed by atoms with Gasteiger partial charge in [-0.1, -0.05) is 135 Å². The largest absolute Gasteiger partial charge is 0.456 e. The van der Waals surface area contributed by atoms with E-state index in [4.69, 9.17) is 4.42 Å². The molecule has 232 valence electrons. The molecule has 1 heterocycles. The topological polar surface area (TPSA) is 16.4 Å². The standard InChI is InChI=1S/C47H33NO/c1-47(2)40-17-7-5-14-38(40)46-41(47)18-10-19-42(46)48(33-24-21-31(22-25-33)36-16-9-12-30-11-3-4-13-35(30)36)34-26-27-37-32(29-34)23-28-44-45(37)39-15-6-8-20-43(39)49-44/h3-29H,1-2H3. The summed E-state index contributed by atoms with van der Waals surface area (Å²) in [7, 11) is 0. The predicted molar refractivity (Wildman–Crippen MR) is 206 cm³/mol. The quantitative estimate of drug-likeness (QED) is 0.193. The van der Waals surface area contributed by atoms with Crippen LogP contribution in [0.3, 0.4) is 0 Å². The molecule has 1 aliphatic carbocycles. The number of furan rings is 1. The SMILES string of the molecule is CC1(C)c2ccccc2-c2c(N(c3ccc(-c4cccc5ccccc45)cc3)c3ccc4c(ccc5oc6ccccc6c54)c3)cccc21. The number of fused-ring (bicyclic) bond motifs is 9. The third-order valence-electron chi connectivity index (χ3n) is 10.7. The predicted octanol–water partition coefficient (Wildman–Crippen LogP) is 13.3. The van der Waals surface area contributed by atoms with Crippen LogP contribution in [0.5, 0.6) is 0 Å². The minimum atomic E-state index is -0.0941. The number of anilines is 3. The molecule has 10 rings (SSSR count). The van der Waals surface area contributed by atoms with Crippen LogP contribution in [0.15, 0.2) is 168 Å². The van der Waals surface area contributed by atoms with Crippen LogP contribution in [-0.4, -0.2) is 0 Å². The minimum Gasteiger partial charge on any atom is -0.456 e. The van der Waals surface area contributed by atoms with E-state index < -0.39 is 0 Å². The van der Waals surface area contributed by atoms with Crippen LogP contribution in [-0.2, 0) is 5.41 Å². The smallest absolute Gasteiger partial charge is 0.136 e. The molecule has 0 bridgehead atoms. The molecular weight excluding hydrogens is 595 g/mol. The number of benzene rings is 8. The van der Waals surface area contributed by atoms with E-state index in [2.05, 4.69) is 176 Å². The molecule has 0 atom stereocenters. The molecule has 0 fully saturated rings. The number of hydrogen-bond donors (Lipinski definition) is 0. The molecule has 1 aliphatic rings. The zero-order valence-electron chi connectivity index (χ0n) is 27.4. The van der Waals surface area contributed by atoms with Crippen molar-refractivity contribution in [1.29, 1.82) is 0 Å². The van der Waals surface area contributed by atoms with E-state index in [1.807, 2.05) is 6.07 Å². The summed E-state index contributed by atoms with van der Waals surface area (Å²) in [6, 6.07) is 59.5. The van der Waals surface area contributed by atoms with E-state index >= 15 is 0 Å². The lowest BCUT2D eigenvalue weighted by molar-refractivity contribution is 0.660. The molecule has 0 saturated carbocycles. The van der Waals surface area contributed by atoms with Crippen molar-refractivity contribution in [3.63, 3.8) is 0 Å². The maximum absolute atomic E-state index is 6.24. The highest BCUT2D eigenvalue weighted by Crippen LogP contribution is 2.54. The number of hydrogen-bond acceptors (Lipinski definition) is 2. The van der Waals surface area contributed by atoms with Crippen molar-refractivity contribution in [2.24, 2.45) is 0 Å². The maximum Gasteiger partial charge on any atom is 0.136 e. The first kappa shape index (κ1) is 27.9. The van der Waals surface area contributed by atoms with Crippen LogP contribution in [0.25, 0.3) is 65.7 Å². The Morgan fingerprint density at radius 2 is 1.16 bits per heavy atom. The summed E-state index contributed by atoms with van der Waals surface area (Å²) < 4.78 is 6.24. The summed E-state index contributed by atoms with van der Waals surface area (Å²) in [6.45, 7) is 4.70. The highest BCUT2D eigenvalue weighted by atomic mass is 16.3. The van der Waals surface area contributed by atoms with Gasteiger partial charge < -0.3 is 9.32 Å². The third kappa shape index (κ3) is 4.14. The molecule has 9 aromatic rings. The van der Waals surface area contributed by atoms with Crippen molar-refractivity contribution in [2.75, 3.05) is 4.90 Å². The van der Waals surface area contributed by atoms with E-state index in [9.17, 15) is 0 Å². The summed E-state index contributed by atoms with van der Waals surface area (Å²) in [5.41, 5.74) is 13.0. The lowest BCUT2D eigenvalue weighted by Gasteiger charge is -2.29. The molecule has 0 spiro atoms. The molecule has 0 aliphatic heterocycles. The number of rotatable bonds is 4. The van der Waals surface area contributed by atoms with Crippen molar-refractivity contribution in [3.8, 4) is 22.3 Å². The fourth-order valence-corrected chi connectivity index (χ4v) is 8.30. The van der Waals surface area contributed by atoms with E-state index in [-0.39, 0.29) is 5.41 Å². The molecule has 2 nitrogen and oxygen atoms in total. The molecule has 49 heavy (non-hydrogen) atoms. The average Bonchev–Trinajstić information content (AvgIpc) is 3.65. The van der Waals surface area contributed by atoms with Crippen molar-refractivity contribution in [3.05, 3.63) is 175 Å². The molecule has 1 aromatic heterocycles. The Labute approximate surface area is 285 Å². The van der Waals surface area contributed by atoms with Crippen LogP contribution in [0.2, 0.25) is 0 Å². The van der Waals surface area contributed by atoms with Gasteiger partial charge in [-0.25, -0.2) is 0 Å². The van der Waals surface area contributed by atoms with Gasteiger partial charge in [-0.3, -0.25) is 0 Å². The van der Waals surface area contributed by atoms with Gasteiger partial charge in [0.1, 0.15) is 11.2 Å². The highest BCUT2D eigenvalue weighted by Gasteiger charge is 2.37. The summed E-state index contributed by atoms with van der Waals surface area (Å²) in [6.07, 6.45) is 0. The Morgan fingerprint density at radius 3 is 2.06 bits per heavy atom. The fraction of sp³-hybridized carbons (Fsp3) is 0.0638. The lowest BCUT2D eigenvalue weighted by atomic mass is 9.82. The summed E-state index contributed by atoms with van der Waals surface area (Å²) >= 11 is 0. The second kappa shape index (κ2) is 10.4. The Balaban J connectivity index is 1.19. The monoisotopic (exact) mass is 627 g/mol. The van der Waals surface area contributed by atoms with E-state index in [1.54, 1.807) is 0 Å². The Kier molecular flexibility index (Phi) is 5.95. The molecule has 0 saturated heterocycles. The van der Waals surface area contributed by atoms with Gasteiger partial charge in [-0.05, 0) is 91.8 Å². The number of para-hydroxylation sites is 1. The van der Waals surface area contributed by atoms with Crippen LogP contribution in [0.4, 0.5) is 17.1 Å². The lowest BCUT2D eigenvalue weighted by Crippen LogP contribution is -2.16. The second-order valence-corrected chi connectivity index (χ2v) is 13.7. The van der Waals surface area contributed by atoms with Crippen LogP contribution < -0.4 is 4.90 Å². The van der Waals surface area contributed by atoms with Gasteiger partial charge in [-0.2, -0.15) is 0 Å². The molecule has 0 amide bonds. The van der Waals surface area contributed by atoms with Gasteiger partial charge in [-0.15, -0.1) is 0 Å². The van der Waals surface area contributed by atoms with E-state index in [1.165, 1.54) is 66.0 Å². The van der Waals surface area contributed by atoms with E-state index in [0.717, 1.165) is 27.9 Å².